The first-order valence-corrected chi connectivity index (χ1v) is 6.00. The molecule has 6 nitrogen and oxygen atoms in total. The van der Waals surface area contributed by atoms with Crippen LogP contribution in [-0.2, 0) is 0 Å². The van der Waals surface area contributed by atoms with E-state index in [2.05, 4.69) is 34.0 Å². The van der Waals surface area contributed by atoms with Gasteiger partial charge in [0.2, 0.25) is 17.5 Å². The Balaban J connectivity index is 2.22. The molecule has 0 radical (unpaired) electrons. The fourth-order valence-corrected chi connectivity index (χ4v) is 1.47. The van der Waals surface area contributed by atoms with E-state index in [9.17, 15) is 0 Å². The number of nitrogens with zero attached hydrogens (tertiary/aromatic N) is 4. The lowest BCUT2D eigenvalue weighted by Gasteiger charge is -2.12. The van der Waals surface area contributed by atoms with E-state index in [1.54, 1.807) is 12.4 Å². The van der Waals surface area contributed by atoms with E-state index in [-0.39, 0.29) is 12.0 Å². The summed E-state index contributed by atoms with van der Waals surface area (Å²) in [6, 6.07) is -0.248. The summed E-state index contributed by atoms with van der Waals surface area (Å²) in [7, 11) is 0. The maximum Gasteiger partial charge on any atom is 0.244 e. The van der Waals surface area contributed by atoms with Crippen molar-refractivity contribution in [1.82, 2.24) is 20.1 Å². The van der Waals surface area contributed by atoms with Gasteiger partial charge in [-0.2, -0.15) is 4.98 Å². The van der Waals surface area contributed by atoms with Crippen LogP contribution < -0.4 is 5.73 Å². The Kier molecular flexibility index (Phi) is 3.66. The summed E-state index contributed by atoms with van der Waals surface area (Å²) in [5.74, 6) is 1.55. The van der Waals surface area contributed by atoms with E-state index >= 15 is 0 Å². The molecule has 0 fully saturated rings. The van der Waals surface area contributed by atoms with Gasteiger partial charge in [0.25, 0.3) is 0 Å². The van der Waals surface area contributed by atoms with Crippen LogP contribution in [0.4, 0.5) is 0 Å². The van der Waals surface area contributed by atoms with E-state index in [4.69, 9.17) is 10.3 Å². The second kappa shape index (κ2) is 5.22. The first-order valence-electron chi connectivity index (χ1n) is 6.00. The molecule has 0 saturated carbocycles. The lowest BCUT2D eigenvalue weighted by molar-refractivity contribution is 0.312. The Morgan fingerprint density at radius 2 is 1.94 bits per heavy atom. The Labute approximate surface area is 106 Å². The highest BCUT2D eigenvalue weighted by Crippen LogP contribution is 2.21. The molecule has 0 aliphatic carbocycles. The molecule has 6 heteroatoms. The number of rotatable bonds is 4. The maximum absolute atomic E-state index is 6.03. The zero-order valence-electron chi connectivity index (χ0n) is 10.8. The molecule has 2 N–H and O–H groups in total. The molecule has 2 aromatic rings. The summed E-state index contributed by atoms with van der Waals surface area (Å²) in [4.78, 5) is 12.5. The molecule has 2 atom stereocenters. The Hall–Kier alpha value is -1.82. The highest BCUT2D eigenvalue weighted by atomic mass is 16.5. The third-order valence-corrected chi connectivity index (χ3v) is 2.96. The van der Waals surface area contributed by atoms with Crippen molar-refractivity contribution >= 4 is 0 Å². The molecular formula is C12H17N5O. The van der Waals surface area contributed by atoms with Crippen molar-refractivity contribution in [2.24, 2.45) is 11.7 Å². The van der Waals surface area contributed by atoms with Gasteiger partial charge in [0, 0.05) is 12.4 Å². The summed E-state index contributed by atoms with van der Waals surface area (Å²) in [5, 5.41) is 3.86. The highest BCUT2D eigenvalue weighted by molar-refractivity contribution is 5.41. The average molecular weight is 247 g/mol. The first-order chi connectivity index (χ1) is 8.61. The minimum Gasteiger partial charge on any atom is -0.337 e. The zero-order valence-corrected chi connectivity index (χ0v) is 10.8. The molecule has 0 bridgehead atoms. The Morgan fingerprint density at radius 3 is 2.56 bits per heavy atom. The molecule has 18 heavy (non-hydrogen) atoms. The van der Waals surface area contributed by atoms with Gasteiger partial charge in [0.15, 0.2) is 0 Å². The van der Waals surface area contributed by atoms with Gasteiger partial charge in [0.1, 0.15) is 0 Å². The van der Waals surface area contributed by atoms with E-state index in [1.807, 2.05) is 6.92 Å². The fourth-order valence-electron chi connectivity index (χ4n) is 1.47. The van der Waals surface area contributed by atoms with Crippen molar-refractivity contribution in [3.05, 3.63) is 23.8 Å². The molecule has 0 spiro atoms. The van der Waals surface area contributed by atoms with Crippen LogP contribution in [0.1, 0.15) is 37.8 Å². The quantitative estimate of drug-likeness (QED) is 0.887. The fraction of sp³-hybridized carbons (Fsp3) is 0.500. The molecule has 96 valence electrons. The number of aryl methyl sites for hydroxylation is 1. The summed E-state index contributed by atoms with van der Waals surface area (Å²) in [6.07, 6.45) is 4.39. The number of nitrogens with two attached hydrogens (primary N) is 1. The monoisotopic (exact) mass is 247 g/mol. The van der Waals surface area contributed by atoms with Crippen LogP contribution in [0, 0.1) is 12.8 Å². The van der Waals surface area contributed by atoms with Crippen LogP contribution >= 0.6 is 0 Å². The summed E-state index contributed by atoms with van der Waals surface area (Å²) in [6.45, 7) is 6.05. The Morgan fingerprint density at radius 1 is 1.28 bits per heavy atom. The van der Waals surface area contributed by atoms with Crippen molar-refractivity contribution < 1.29 is 4.52 Å². The molecule has 2 aromatic heterocycles. The standard InChI is InChI=1S/C12H17N5O/c1-4-8(3)9(13)12-16-11(17-18-12)10-14-5-7(2)6-15-10/h5-6,8-9H,4,13H2,1-3H3/t8-,9-/m0/s1. The topological polar surface area (TPSA) is 90.7 Å². The van der Waals surface area contributed by atoms with E-state index in [1.165, 1.54) is 0 Å². The molecule has 0 aliphatic heterocycles. The zero-order chi connectivity index (χ0) is 13.1. The minimum atomic E-state index is -0.248. The largest absolute Gasteiger partial charge is 0.337 e. The number of aromatic nitrogens is 4. The van der Waals surface area contributed by atoms with E-state index < -0.39 is 0 Å². The lowest BCUT2D eigenvalue weighted by atomic mass is 10.0. The van der Waals surface area contributed by atoms with Crippen LogP contribution in [0.2, 0.25) is 0 Å². The van der Waals surface area contributed by atoms with E-state index in [0.29, 0.717) is 17.5 Å². The number of hydrogen-bond acceptors (Lipinski definition) is 6. The van der Waals surface area contributed by atoms with Gasteiger partial charge >= 0.3 is 0 Å². The van der Waals surface area contributed by atoms with Crippen molar-refractivity contribution in [3.63, 3.8) is 0 Å². The van der Waals surface area contributed by atoms with Gasteiger partial charge in [-0.15, -0.1) is 0 Å². The number of hydrogen-bond donors (Lipinski definition) is 1. The van der Waals surface area contributed by atoms with Crippen molar-refractivity contribution in [2.75, 3.05) is 0 Å². The predicted molar refractivity (Wildman–Crippen MR) is 66.4 cm³/mol. The summed E-state index contributed by atoms with van der Waals surface area (Å²) < 4.78 is 5.17. The SMILES string of the molecule is CC[C@H](C)[C@H](N)c1nc(-c2ncc(C)cn2)no1. The minimum absolute atomic E-state index is 0.248. The molecule has 0 saturated heterocycles. The predicted octanol–water partition coefficient (Wildman–Crippen LogP) is 1.88. The molecule has 0 amide bonds. The Bertz CT molecular complexity index is 507. The summed E-state index contributed by atoms with van der Waals surface area (Å²) in [5.41, 5.74) is 7.01. The average Bonchev–Trinajstić information content (AvgIpc) is 2.87. The lowest BCUT2D eigenvalue weighted by Crippen LogP contribution is -2.18. The van der Waals surface area contributed by atoms with Crippen LogP contribution in [-0.4, -0.2) is 20.1 Å². The van der Waals surface area contributed by atoms with Crippen LogP contribution in [0.15, 0.2) is 16.9 Å². The van der Waals surface area contributed by atoms with Gasteiger partial charge < -0.3 is 10.3 Å². The second-order valence-electron chi connectivity index (χ2n) is 4.45. The van der Waals surface area contributed by atoms with Gasteiger partial charge in [-0.25, -0.2) is 9.97 Å². The third kappa shape index (κ3) is 2.53. The van der Waals surface area contributed by atoms with Crippen LogP contribution in [0.3, 0.4) is 0 Å². The van der Waals surface area contributed by atoms with Crippen molar-refractivity contribution in [1.29, 1.82) is 0 Å². The van der Waals surface area contributed by atoms with Gasteiger partial charge in [-0.1, -0.05) is 25.4 Å². The molecule has 0 aliphatic rings. The maximum atomic E-state index is 6.03. The summed E-state index contributed by atoms with van der Waals surface area (Å²) >= 11 is 0. The smallest absolute Gasteiger partial charge is 0.244 e. The van der Waals surface area contributed by atoms with Crippen LogP contribution in [0.25, 0.3) is 11.6 Å². The normalized spacial score (nSPS) is 14.4. The second-order valence-corrected chi connectivity index (χ2v) is 4.45. The van der Waals surface area contributed by atoms with Gasteiger partial charge in [-0.3, -0.25) is 0 Å². The molecule has 0 unspecified atom stereocenters. The first kappa shape index (κ1) is 12.6. The van der Waals surface area contributed by atoms with Gasteiger partial charge in [-0.05, 0) is 18.4 Å². The molecule has 2 heterocycles. The molecule has 2 rings (SSSR count). The van der Waals surface area contributed by atoms with Gasteiger partial charge in [0.05, 0.1) is 6.04 Å². The molecule has 0 aromatic carbocycles. The molecular weight excluding hydrogens is 230 g/mol. The van der Waals surface area contributed by atoms with Crippen molar-refractivity contribution in [2.45, 2.75) is 33.2 Å². The van der Waals surface area contributed by atoms with Crippen LogP contribution in [0.5, 0.6) is 0 Å². The highest BCUT2D eigenvalue weighted by Gasteiger charge is 2.21. The van der Waals surface area contributed by atoms with E-state index in [0.717, 1.165) is 12.0 Å². The third-order valence-electron chi connectivity index (χ3n) is 2.96. The van der Waals surface area contributed by atoms with Crippen molar-refractivity contribution in [3.8, 4) is 11.6 Å².